The number of benzene rings is 1. The molecule has 0 aliphatic rings. The van der Waals surface area contributed by atoms with Crippen molar-refractivity contribution in [1.29, 1.82) is 0 Å². The second-order valence-corrected chi connectivity index (χ2v) is 7.60. The third kappa shape index (κ3) is 4.63. The molecule has 0 fully saturated rings. The number of aryl methyl sites for hydroxylation is 3. The second kappa shape index (κ2) is 7.74. The molecule has 0 aliphatic heterocycles. The van der Waals surface area contributed by atoms with E-state index < -0.39 is 10.8 Å². The minimum Gasteiger partial charge on any atom is -0.360 e. The predicted octanol–water partition coefficient (Wildman–Crippen LogP) is 3.00. The normalized spacial score (nSPS) is 12.0. The zero-order chi connectivity index (χ0) is 18.7. The highest BCUT2D eigenvalue weighted by Gasteiger charge is 2.17. The number of carbonyl (C=O) groups is 2. The lowest BCUT2D eigenvalue weighted by Crippen LogP contribution is -2.21. The molecule has 0 radical (unpaired) electrons. The zero-order valence-electron chi connectivity index (χ0n) is 15.1. The molecule has 134 valence electrons. The van der Waals surface area contributed by atoms with Gasteiger partial charge in [0.25, 0.3) is 0 Å². The number of nitrogens with zero attached hydrogens (tertiary/aromatic N) is 1. The Labute approximate surface area is 149 Å². The van der Waals surface area contributed by atoms with Crippen LogP contribution in [0.2, 0.25) is 0 Å². The summed E-state index contributed by atoms with van der Waals surface area (Å²) in [5.74, 6) is 0.569. The van der Waals surface area contributed by atoms with Crippen LogP contribution in [-0.4, -0.2) is 26.8 Å². The van der Waals surface area contributed by atoms with E-state index in [9.17, 15) is 13.8 Å². The minimum atomic E-state index is -1.40. The van der Waals surface area contributed by atoms with Gasteiger partial charge >= 0.3 is 0 Å². The summed E-state index contributed by atoms with van der Waals surface area (Å²) >= 11 is 0. The van der Waals surface area contributed by atoms with E-state index in [1.807, 2.05) is 26.8 Å². The van der Waals surface area contributed by atoms with Crippen molar-refractivity contribution in [3.05, 3.63) is 45.7 Å². The van der Waals surface area contributed by atoms with Gasteiger partial charge in [0.1, 0.15) is 11.5 Å². The van der Waals surface area contributed by atoms with Gasteiger partial charge in [0.15, 0.2) is 11.6 Å². The molecule has 7 heteroatoms. The maximum Gasteiger partial charge on any atom is 0.238 e. The van der Waals surface area contributed by atoms with Crippen LogP contribution in [0.15, 0.2) is 16.7 Å². The number of hydrogen-bond acceptors (Lipinski definition) is 5. The third-order valence-electron chi connectivity index (χ3n) is 3.98. The van der Waals surface area contributed by atoms with Gasteiger partial charge in [-0.3, -0.25) is 13.8 Å². The van der Waals surface area contributed by atoms with Crippen LogP contribution >= 0.6 is 0 Å². The van der Waals surface area contributed by atoms with E-state index in [1.165, 1.54) is 6.92 Å². The molecule has 1 heterocycles. The van der Waals surface area contributed by atoms with Crippen LogP contribution in [0, 0.1) is 27.7 Å². The first kappa shape index (κ1) is 19.1. The van der Waals surface area contributed by atoms with Gasteiger partial charge in [-0.1, -0.05) is 11.2 Å². The molecule has 1 aromatic carbocycles. The van der Waals surface area contributed by atoms with Gasteiger partial charge in [0.2, 0.25) is 5.91 Å². The van der Waals surface area contributed by atoms with Gasteiger partial charge < -0.3 is 9.84 Å². The van der Waals surface area contributed by atoms with Gasteiger partial charge in [-0.2, -0.15) is 0 Å². The number of hydrogen-bond donors (Lipinski definition) is 1. The highest BCUT2D eigenvalue weighted by molar-refractivity contribution is 7.85. The Kier molecular flexibility index (Phi) is 5.89. The molecule has 2 aromatic rings. The summed E-state index contributed by atoms with van der Waals surface area (Å²) in [6.07, 6.45) is 0. The lowest BCUT2D eigenvalue weighted by Gasteiger charge is -2.15. The SMILES string of the molecule is CC(=O)c1c(C)cc(C)c(C[S@@](=O)CC(=O)Nc2cc(C)on2)c1C. The molecule has 0 unspecified atom stereocenters. The van der Waals surface area contributed by atoms with E-state index in [4.69, 9.17) is 4.52 Å². The number of anilines is 1. The summed E-state index contributed by atoms with van der Waals surface area (Å²) in [6, 6.07) is 3.52. The van der Waals surface area contributed by atoms with Crippen molar-refractivity contribution in [3.8, 4) is 0 Å². The highest BCUT2D eigenvalue weighted by Crippen LogP contribution is 2.24. The summed E-state index contributed by atoms with van der Waals surface area (Å²) in [4.78, 5) is 23.8. The van der Waals surface area contributed by atoms with E-state index in [0.29, 0.717) is 17.1 Å². The molecule has 2 rings (SSSR count). The number of nitrogens with one attached hydrogen (secondary N) is 1. The molecule has 0 saturated carbocycles. The number of Topliss-reactive ketones (excluding diaryl/α,β-unsaturated/α-hetero) is 1. The Hall–Kier alpha value is -2.28. The summed E-state index contributed by atoms with van der Waals surface area (Å²) in [6.45, 7) is 8.93. The average Bonchev–Trinajstić information content (AvgIpc) is 2.87. The van der Waals surface area contributed by atoms with Crippen LogP contribution < -0.4 is 5.32 Å². The topological polar surface area (TPSA) is 89.3 Å². The number of amides is 1. The largest absolute Gasteiger partial charge is 0.360 e. The molecular formula is C18H22N2O4S. The van der Waals surface area contributed by atoms with Crippen LogP contribution in [0.5, 0.6) is 0 Å². The van der Waals surface area contributed by atoms with E-state index in [0.717, 1.165) is 22.3 Å². The molecule has 1 aromatic heterocycles. The van der Waals surface area contributed by atoms with Crippen molar-refractivity contribution in [2.24, 2.45) is 0 Å². The summed E-state index contributed by atoms with van der Waals surface area (Å²) in [5.41, 5.74) is 4.25. The number of ketones is 1. The summed E-state index contributed by atoms with van der Waals surface area (Å²) in [7, 11) is -1.40. The molecule has 1 N–H and O–H groups in total. The fourth-order valence-electron chi connectivity index (χ4n) is 2.95. The van der Waals surface area contributed by atoms with Gasteiger partial charge in [-0.25, -0.2) is 0 Å². The van der Waals surface area contributed by atoms with Crippen LogP contribution in [0.25, 0.3) is 0 Å². The van der Waals surface area contributed by atoms with Crippen LogP contribution in [0.3, 0.4) is 0 Å². The molecule has 25 heavy (non-hydrogen) atoms. The van der Waals surface area contributed by atoms with Crippen molar-refractivity contribution in [1.82, 2.24) is 5.16 Å². The maximum absolute atomic E-state index is 12.4. The first-order valence-corrected chi connectivity index (χ1v) is 9.36. The highest BCUT2D eigenvalue weighted by atomic mass is 32.2. The van der Waals surface area contributed by atoms with E-state index >= 15 is 0 Å². The molecule has 1 amide bonds. The Morgan fingerprint density at radius 3 is 2.40 bits per heavy atom. The summed E-state index contributed by atoms with van der Waals surface area (Å²) in [5, 5.41) is 6.23. The first-order chi connectivity index (χ1) is 11.7. The van der Waals surface area contributed by atoms with Crippen LogP contribution in [0.4, 0.5) is 5.82 Å². The predicted molar refractivity (Wildman–Crippen MR) is 97.2 cm³/mol. The van der Waals surface area contributed by atoms with Crippen molar-refractivity contribution in [2.75, 3.05) is 11.1 Å². The third-order valence-corrected chi connectivity index (χ3v) is 5.17. The molecular weight excluding hydrogens is 340 g/mol. The standard InChI is InChI=1S/C18H22N2O4S/c1-10-6-11(2)18(14(5)21)13(4)15(10)8-25(23)9-17(22)19-16-7-12(3)24-20-16/h6-7H,8-9H2,1-5H3,(H,19,20,22)/t25-/m1/s1. The van der Waals surface area contributed by atoms with Crippen molar-refractivity contribution < 1.29 is 18.3 Å². The summed E-state index contributed by atoms with van der Waals surface area (Å²) < 4.78 is 17.3. The molecule has 0 saturated heterocycles. The first-order valence-electron chi connectivity index (χ1n) is 7.87. The van der Waals surface area contributed by atoms with Crippen molar-refractivity contribution >= 4 is 28.3 Å². The smallest absolute Gasteiger partial charge is 0.238 e. The molecule has 1 atom stereocenters. The molecule has 0 spiro atoms. The fourth-order valence-corrected chi connectivity index (χ4v) is 4.19. The van der Waals surface area contributed by atoms with Crippen LogP contribution in [0.1, 0.15) is 45.3 Å². The zero-order valence-corrected chi connectivity index (χ0v) is 15.9. The van der Waals surface area contributed by atoms with Gasteiger partial charge in [0.05, 0.1) is 0 Å². The number of aromatic nitrogens is 1. The Morgan fingerprint density at radius 1 is 1.16 bits per heavy atom. The van der Waals surface area contributed by atoms with Crippen molar-refractivity contribution in [2.45, 2.75) is 40.4 Å². The lowest BCUT2D eigenvalue weighted by molar-refractivity contribution is -0.113. The van der Waals surface area contributed by atoms with E-state index in [1.54, 1.807) is 13.0 Å². The molecule has 0 aliphatic carbocycles. The molecule has 0 bridgehead atoms. The minimum absolute atomic E-state index is 0.0128. The van der Waals surface area contributed by atoms with Gasteiger partial charge in [-0.15, -0.1) is 0 Å². The van der Waals surface area contributed by atoms with E-state index in [-0.39, 0.29) is 23.2 Å². The Morgan fingerprint density at radius 2 is 1.84 bits per heavy atom. The Bertz CT molecular complexity index is 855. The average molecular weight is 362 g/mol. The fraction of sp³-hybridized carbons (Fsp3) is 0.389. The van der Waals surface area contributed by atoms with E-state index in [2.05, 4.69) is 10.5 Å². The number of carbonyl (C=O) groups excluding carboxylic acids is 2. The lowest BCUT2D eigenvalue weighted by atomic mass is 9.92. The van der Waals surface area contributed by atoms with Crippen molar-refractivity contribution in [3.63, 3.8) is 0 Å². The van der Waals surface area contributed by atoms with Gasteiger partial charge in [0, 0.05) is 28.2 Å². The monoisotopic (exact) mass is 362 g/mol. The second-order valence-electron chi connectivity index (χ2n) is 6.14. The van der Waals surface area contributed by atoms with Gasteiger partial charge in [-0.05, 0) is 56.9 Å². The molecule has 6 nitrogen and oxygen atoms in total. The number of rotatable bonds is 6. The quantitative estimate of drug-likeness (QED) is 0.798. The van der Waals surface area contributed by atoms with Crippen LogP contribution in [-0.2, 0) is 21.3 Å². The maximum atomic E-state index is 12.4. The Balaban J connectivity index is 2.11.